The number of hydrogen-bond acceptors (Lipinski definition) is 6. The van der Waals surface area contributed by atoms with Crippen LogP contribution in [-0.2, 0) is 28.6 Å². The van der Waals surface area contributed by atoms with Crippen molar-refractivity contribution in [3.05, 3.63) is 60.8 Å². The second-order valence-electron chi connectivity index (χ2n) is 18.0. The van der Waals surface area contributed by atoms with Gasteiger partial charge in [0.15, 0.2) is 12.1 Å². The molecule has 0 saturated carbocycles. The molecule has 0 aliphatic heterocycles. The molecular weight excluding hydrogens is 775 g/mol. The fourth-order valence-electron chi connectivity index (χ4n) is 7.25. The van der Waals surface area contributed by atoms with Crippen LogP contribution in [-0.4, -0.2) is 80.6 Å². The van der Waals surface area contributed by atoms with E-state index >= 15 is 0 Å². The molecule has 8 nitrogen and oxygen atoms in total. The number of unbranched alkanes of at least 4 members (excludes halogenated alkanes) is 21. The van der Waals surface area contributed by atoms with Gasteiger partial charge in [0.25, 0.3) is 0 Å². The van der Waals surface area contributed by atoms with Gasteiger partial charge in [0, 0.05) is 19.3 Å². The summed E-state index contributed by atoms with van der Waals surface area (Å²) in [6, 6.07) is -0.623. The normalized spacial score (nSPS) is 13.4. The third-order valence-corrected chi connectivity index (χ3v) is 11.2. The Labute approximate surface area is 381 Å². The highest BCUT2D eigenvalue weighted by Crippen LogP contribution is 2.15. The Hall–Kier alpha value is -2.97. The summed E-state index contributed by atoms with van der Waals surface area (Å²) in [6.07, 6.45) is 55.6. The number of hydrogen-bond donors (Lipinski definition) is 1. The number of carboxylic acids is 1. The molecule has 0 aromatic carbocycles. The molecule has 2 atom stereocenters. The van der Waals surface area contributed by atoms with Gasteiger partial charge in [-0.1, -0.05) is 177 Å². The van der Waals surface area contributed by atoms with E-state index in [1.54, 1.807) is 0 Å². The molecule has 0 saturated heterocycles. The average molecular weight is 871 g/mol. The van der Waals surface area contributed by atoms with E-state index in [0.29, 0.717) is 19.3 Å². The number of quaternary nitrogens is 1. The van der Waals surface area contributed by atoms with Crippen molar-refractivity contribution in [2.45, 2.75) is 225 Å². The summed E-state index contributed by atoms with van der Waals surface area (Å²) in [6.45, 7) is 4.60. The smallest absolute Gasteiger partial charge is 0.362 e. The molecule has 0 fully saturated rings. The number of likely N-dealkylation sites (N-methyl/N-ethyl adjacent to an activating group) is 1. The highest BCUT2D eigenvalue weighted by molar-refractivity contribution is 5.72. The Balaban J connectivity index is 4.29. The molecule has 2 unspecified atom stereocenters. The van der Waals surface area contributed by atoms with Crippen LogP contribution in [0.1, 0.15) is 213 Å². The first kappa shape index (κ1) is 59.0. The van der Waals surface area contributed by atoms with Crippen LogP contribution >= 0.6 is 0 Å². The van der Waals surface area contributed by atoms with E-state index in [9.17, 15) is 19.5 Å². The van der Waals surface area contributed by atoms with Crippen LogP contribution < -0.4 is 0 Å². The van der Waals surface area contributed by atoms with Crippen molar-refractivity contribution in [2.75, 3.05) is 41.0 Å². The van der Waals surface area contributed by atoms with E-state index in [0.717, 1.165) is 70.6 Å². The molecule has 0 heterocycles. The molecular formula is C54H96NO7+. The minimum Gasteiger partial charge on any atom is -0.477 e. The Bertz CT molecular complexity index is 1200. The van der Waals surface area contributed by atoms with E-state index in [1.807, 2.05) is 21.1 Å². The number of allylic oxidation sites excluding steroid dienone is 10. The average Bonchev–Trinajstić information content (AvgIpc) is 3.23. The second-order valence-corrected chi connectivity index (χ2v) is 18.0. The first-order valence-corrected chi connectivity index (χ1v) is 25.3. The molecule has 62 heavy (non-hydrogen) atoms. The van der Waals surface area contributed by atoms with Crippen LogP contribution in [0.15, 0.2) is 60.8 Å². The van der Waals surface area contributed by atoms with Gasteiger partial charge in [0.2, 0.25) is 0 Å². The Morgan fingerprint density at radius 3 is 1.37 bits per heavy atom. The quantitative estimate of drug-likeness (QED) is 0.0282. The topological polar surface area (TPSA) is 99.1 Å². The SMILES string of the molecule is CC/C=C/C/C=C/C/C=C/C/C=C/CCCCCC(=O)OCC(COCCC(C(=O)O)[N+](C)(C)C)OC(=O)CCCCCCCCC/C=C/CCCCCCCCCCCCC. The van der Waals surface area contributed by atoms with Gasteiger partial charge in [0.1, 0.15) is 6.61 Å². The molecule has 0 spiro atoms. The third kappa shape index (κ3) is 42.3. The predicted molar refractivity (Wildman–Crippen MR) is 261 cm³/mol. The van der Waals surface area contributed by atoms with Crippen LogP contribution in [0.5, 0.6) is 0 Å². The van der Waals surface area contributed by atoms with E-state index < -0.39 is 18.1 Å². The number of carboxylic acid groups (broad SMARTS) is 1. The minimum atomic E-state index is -0.881. The van der Waals surface area contributed by atoms with Crippen molar-refractivity contribution in [3.8, 4) is 0 Å². The molecule has 0 aromatic rings. The van der Waals surface area contributed by atoms with Gasteiger partial charge in [0.05, 0.1) is 34.4 Å². The van der Waals surface area contributed by atoms with Crippen molar-refractivity contribution in [1.29, 1.82) is 0 Å². The van der Waals surface area contributed by atoms with Gasteiger partial charge in [-0.2, -0.15) is 0 Å². The summed E-state index contributed by atoms with van der Waals surface area (Å²) in [5, 5.41) is 9.65. The zero-order chi connectivity index (χ0) is 45.6. The number of nitrogens with zero attached hydrogens (tertiary/aromatic N) is 1. The molecule has 0 aliphatic rings. The maximum atomic E-state index is 12.8. The Kier molecular flexibility index (Phi) is 42.5. The number of carbonyl (C=O) groups excluding carboxylic acids is 2. The maximum Gasteiger partial charge on any atom is 0.362 e. The first-order valence-electron chi connectivity index (χ1n) is 25.3. The highest BCUT2D eigenvalue weighted by Gasteiger charge is 2.31. The van der Waals surface area contributed by atoms with E-state index in [2.05, 4.69) is 74.6 Å². The van der Waals surface area contributed by atoms with Gasteiger partial charge in [-0.3, -0.25) is 9.59 Å². The summed E-state index contributed by atoms with van der Waals surface area (Å²) in [4.78, 5) is 37.1. The van der Waals surface area contributed by atoms with Crippen molar-refractivity contribution in [2.24, 2.45) is 0 Å². The van der Waals surface area contributed by atoms with Crippen molar-refractivity contribution in [1.82, 2.24) is 0 Å². The van der Waals surface area contributed by atoms with Gasteiger partial charge in [-0.25, -0.2) is 4.79 Å². The van der Waals surface area contributed by atoms with Crippen LogP contribution in [0.2, 0.25) is 0 Å². The number of carbonyl (C=O) groups is 3. The number of ether oxygens (including phenoxy) is 3. The van der Waals surface area contributed by atoms with Gasteiger partial charge in [-0.05, 0) is 77.0 Å². The number of esters is 2. The lowest BCUT2D eigenvalue weighted by molar-refractivity contribution is -0.887. The fourth-order valence-corrected chi connectivity index (χ4v) is 7.25. The van der Waals surface area contributed by atoms with Crippen LogP contribution in [0.3, 0.4) is 0 Å². The summed E-state index contributed by atoms with van der Waals surface area (Å²) in [7, 11) is 5.52. The van der Waals surface area contributed by atoms with Crippen molar-refractivity contribution >= 4 is 17.9 Å². The molecule has 358 valence electrons. The lowest BCUT2D eigenvalue weighted by atomic mass is 10.0. The highest BCUT2D eigenvalue weighted by atomic mass is 16.6. The lowest BCUT2D eigenvalue weighted by Crippen LogP contribution is -2.50. The number of aliphatic carboxylic acids is 1. The second kappa shape index (κ2) is 44.6. The van der Waals surface area contributed by atoms with Crippen LogP contribution in [0, 0.1) is 0 Å². The summed E-state index contributed by atoms with van der Waals surface area (Å²) >= 11 is 0. The molecule has 1 N–H and O–H groups in total. The van der Waals surface area contributed by atoms with Crippen molar-refractivity contribution < 1.29 is 38.2 Å². The van der Waals surface area contributed by atoms with Crippen molar-refractivity contribution in [3.63, 3.8) is 0 Å². The van der Waals surface area contributed by atoms with E-state index in [1.165, 1.54) is 109 Å². The molecule has 0 aliphatic carbocycles. The molecule has 0 rings (SSSR count). The molecule has 0 bridgehead atoms. The first-order chi connectivity index (χ1) is 30.1. The standard InChI is InChI=1S/C54H95NO7/c1-6-8-10-12-14-16-18-20-22-24-25-26-27-28-29-31-33-35-37-39-41-43-45-53(57)62-50(48-60-47-46-51(54(58)59)55(3,4)5)49-61-52(56)44-42-40-38-36-34-32-30-23-21-19-17-15-13-11-9-7-2/h9,11,15,17,21,23,27-28,32,34,50-51H,6-8,10,12-14,16,18-20,22,24-26,29-31,33,35-49H2,1-5H3/p+1/b11-9+,17-15+,23-21+,28-27+,34-32+. The fraction of sp³-hybridized carbons (Fsp3) is 0.759. The predicted octanol–water partition coefficient (Wildman–Crippen LogP) is 14.5. The molecule has 0 aromatic heterocycles. The van der Waals surface area contributed by atoms with Gasteiger partial charge >= 0.3 is 17.9 Å². The summed E-state index contributed by atoms with van der Waals surface area (Å²) in [5.74, 6) is -1.51. The van der Waals surface area contributed by atoms with E-state index in [-0.39, 0.29) is 36.2 Å². The van der Waals surface area contributed by atoms with E-state index in [4.69, 9.17) is 14.2 Å². The monoisotopic (exact) mass is 871 g/mol. The zero-order valence-corrected chi connectivity index (χ0v) is 40.8. The zero-order valence-electron chi connectivity index (χ0n) is 40.8. The maximum absolute atomic E-state index is 12.8. The minimum absolute atomic E-state index is 0.0475. The van der Waals surface area contributed by atoms with Crippen LogP contribution in [0.4, 0.5) is 0 Å². The summed E-state index contributed by atoms with van der Waals surface area (Å²) < 4.78 is 17.3. The summed E-state index contributed by atoms with van der Waals surface area (Å²) in [5.41, 5.74) is 0. The lowest BCUT2D eigenvalue weighted by Gasteiger charge is -2.31. The third-order valence-electron chi connectivity index (χ3n) is 11.2. The Morgan fingerprint density at radius 1 is 0.500 bits per heavy atom. The van der Waals surface area contributed by atoms with Gasteiger partial charge < -0.3 is 23.8 Å². The van der Waals surface area contributed by atoms with Crippen LogP contribution in [0.25, 0.3) is 0 Å². The number of rotatable bonds is 45. The van der Waals surface area contributed by atoms with Gasteiger partial charge in [-0.15, -0.1) is 0 Å². The largest absolute Gasteiger partial charge is 0.477 e. The molecule has 0 amide bonds. The Morgan fingerprint density at radius 2 is 0.903 bits per heavy atom. The molecule has 0 radical (unpaired) electrons. The molecule has 8 heteroatoms.